The first-order chi connectivity index (χ1) is 31.7. The molecule has 12 rings (SSSR count). The van der Waals surface area contributed by atoms with E-state index < -0.39 is 0 Å². The number of nitrogens with zero attached hydrogens (tertiary/aromatic N) is 2. The lowest BCUT2D eigenvalue weighted by Crippen LogP contribution is -2.10. The van der Waals surface area contributed by atoms with Gasteiger partial charge in [-0.3, -0.25) is 0 Å². The maximum Gasteiger partial charge on any atom is 0.0462 e. The SMILES string of the molecule is c1ccc(N(c2ccc(-c3ccc(N(c4ccccc4)c4ccc(-c5ccc6sc7ccccc7c6c5)cc4)cc3)cc2)c2ccc(-c3ccc4sc5ccccc5c4c3)cc2)cc1. The van der Waals surface area contributed by atoms with Gasteiger partial charge in [-0.15, -0.1) is 22.7 Å². The topological polar surface area (TPSA) is 6.48 Å². The number of anilines is 6. The van der Waals surface area contributed by atoms with Crippen LogP contribution in [-0.2, 0) is 0 Å². The van der Waals surface area contributed by atoms with Crippen molar-refractivity contribution in [1.82, 2.24) is 0 Å². The second-order valence-electron chi connectivity index (χ2n) is 16.1. The predicted molar refractivity (Wildman–Crippen MR) is 278 cm³/mol. The lowest BCUT2D eigenvalue weighted by molar-refractivity contribution is 1.28. The summed E-state index contributed by atoms with van der Waals surface area (Å²) in [4.78, 5) is 4.66. The molecular weight excluding hydrogens is 813 g/mol. The molecule has 0 unspecified atom stereocenters. The van der Waals surface area contributed by atoms with E-state index >= 15 is 0 Å². The highest BCUT2D eigenvalue weighted by Crippen LogP contribution is 2.42. The number of hydrogen-bond donors (Lipinski definition) is 0. The number of hydrogen-bond acceptors (Lipinski definition) is 4. The van der Waals surface area contributed by atoms with Gasteiger partial charge in [0.05, 0.1) is 0 Å². The molecule has 302 valence electrons. The van der Waals surface area contributed by atoms with Gasteiger partial charge >= 0.3 is 0 Å². The minimum atomic E-state index is 1.10. The van der Waals surface area contributed by atoms with Crippen LogP contribution in [0.1, 0.15) is 0 Å². The van der Waals surface area contributed by atoms with E-state index in [0.29, 0.717) is 0 Å². The zero-order valence-electron chi connectivity index (χ0n) is 34.8. The zero-order valence-corrected chi connectivity index (χ0v) is 36.4. The average molecular weight is 853 g/mol. The van der Waals surface area contributed by atoms with E-state index in [4.69, 9.17) is 0 Å². The van der Waals surface area contributed by atoms with E-state index in [0.717, 1.165) is 34.1 Å². The molecule has 0 saturated carbocycles. The van der Waals surface area contributed by atoms with Gasteiger partial charge in [0.15, 0.2) is 0 Å². The second kappa shape index (κ2) is 16.2. The van der Waals surface area contributed by atoms with E-state index in [-0.39, 0.29) is 0 Å². The molecule has 12 aromatic rings. The Bertz CT molecular complexity index is 3330. The quantitative estimate of drug-likeness (QED) is 0.143. The van der Waals surface area contributed by atoms with Crippen molar-refractivity contribution in [2.75, 3.05) is 9.80 Å². The highest BCUT2D eigenvalue weighted by Gasteiger charge is 2.16. The van der Waals surface area contributed by atoms with Crippen molar-refractivity contribution in [3.63, 3.8) is 0 Å². The highest BCUT2D eigenvalue weighted by atomic mass is 32.1. The summed E-state index contributed by atoms with van der Waals surface area (Å²) in [7, 11) is 0. The Morgan fingerprint density at radius 3 is 0.828 bits per heavy atom. The molecule has 64 heavy (non-hydrogen) atoms. The third kappa shape index (κ3) is 7.00. The van der Waals surface area contributed by atoms with Gasteiger partial charge in [-0.1, -0.05) is 133 Å². The van der Waals surface area contributed by atoms with Gasteiger partial charge in [-0.05, 0) is 143 Å². The lowest BCUT2D eigenvalue weighted by Gasteiger charge is -2.26. The monoisotopic (exact) mass is 852 g/mol. The number of fused-ring (bicyclic) bond motifs is 6. The molecular formula is C60H40N2S2. The number of thiophene rings is 2. The van der Waals surface area contributed by atoms with E-state index in [9.17, 15) is 0 Å². The summed E-state index contributed by atoms with van der Waals surface area (Å²) in [5, 5.41) is 5.28. The molecule has 0 aliphatic rings. The van der Waals surface area contributed by atoms with Crippen LogP contribution in [0.15, 0.2) is 243 Å². The summed E-state index contributed by atoms with van der Waals surface area (Å²) in [5.41, 5.74) is 13.9. The van der Waals surface area contributed by atoms with Gasteiger partial charge in [-0.2, -0.15) is 0 Å². The van der Waals surface area contributed by atoms with Crippen molar-refractivity contribution in [1.29, 1.82) is 0 Å². The molecule has 0 aliphatic carbocycles. The summed E-state index contributed by atoms with van der Waals surface area (Å²) in [5.74, 6) is 0. The predicted octanol–water partition coefficient (Wildman–Crippen LogP) is 18.4. The van der Waals surface area contributed by atoms with E-state index in [2.05, 4.69) is 252 Å². The summed E-state index contributed by atoms with van der Waals surface area (Å²) in [6.45, 7) is 0. The van der Waals surface area contributed by atoms with Crippen molar-refractivity contribution in [2.24, 2.45) is 0 Å². The molecule has 2 heterocycles. The Balaban J connectivity index is 0.819. The molecule has 2 nitrogen and oxygen atoms in total. The molecule has 2 aromatic heterocycles. The summed E-state index contributed by atoms with van der Waals surface area (Å²) < 4.78 is 5.31. The highest BCUT2D eigenvalue weighted by molar-refractivity contribution is 7.26. The fraction of sp³-hybridized carbons (Fsp3) is 0. The summed E-state index contributed by atoms with van der Waals surface area (Å²) >= 11 is 3.72. The molecule has 0 amide bonds. The van der Waals surface area contributed by atoms with Gasteiger partial charge in [0.2, 0.25) is 0 Å². The normalized spacial score (nSPS) is 11.4. The van der Waals surface area contributed by atoms with Crippen molar-refractivity contribution >= 4 is 97.1 Å². The van der Waals surface area contributed by atoms with Gasteiger partial charge in [-0.25, -0.2) is 0 Å². The van der Waals surface area contributed by atoms with Crippen molar-refractivity contribution < 1.29 is 0 Å². The van der Waals surface area contributed by atoms with Crippen LogP contribution in [-0.4, -0.2) is 0 Å². The van der Waals surface area contributed by atoms with E-state index in [1.165, 1.54) is 73.7 Å². The Labute approximate surface area is 380 Å². The van der Waals surface area contributed by atoms with Gasteiger partial charge in [0.1, 0.15) is 0 Å². The first-order valence-corrected chi connectivity index (χ1v) is 23.3. The lowest BCUT2D eigenvalue weighted by atomic mass is 10.0. The maximum absolute atomic E-state index is 2.34. The van der Waals surface area contributed by atoms with Crippen molar-refractivity contribution in [2.45, 2.75) is 0 Å². The minimum Gasteiger partial charge on any atom is -0.311 e. The summed E-state index contributed by atoms with van der Waals surface area (Å²) in [6, 6.07) is 88.2. The Hall–Kier alpha value is -7.76. The van der Waals surface area contributed by atoms with Crippen molar-refractivity contribution in [3.05, 3.63) is 243 Å². The Morgan fingerprint density at radius 2 is 0.469 bits per heavy atom. The Kier molecular flexibility index (Phi) is 9.59. The third-order valence-electron chi connectivity index (χ3n) is 12.3. The first kappa shape index (κ1) is 38.0. The van der Waals surface area contributed by atoms with Gasteiger partial charge in [0, 0.05) is 74.5 Å². The molecule has 10 aromatic carbocycles. The molecule has 4 heteroatoms. The molecule has 0 atom stereocenters. The largest absolute Gasteiger partial charge is 0.311 e. The third-order valence-corrected chi connectivity index (χ3v) is 14.6. The first-order valence-electron chi connectivity index (χ1n) is 21.6. The van der Waals surface area contributed by atoms with Crippen LogP contribution in [0.25, 0.3) is 73.7 Å². The molecule has 0 radical (unpaired) electrons. The molecule has 0 bridgehead atoms. The molecule has 0 fully saturated rings. The maximum atomic E-state index is 2.34. The zero-order chi connectivity index (χ0) is 42.4. The number of benzene rings is 10. The smallest absolute Gasteiger partial charge is 0.0462 e. The standard InChI is InChI=1S/C60H40N2S2/c1-3-11-47(12-4-1)61(51-33-23-43(24-34-51)45-27-37-59-55(39-45)53-15-7-9-17-57(53)63-59)49-29-19-41(20-30-49)42-21-31-50(32-22-42)62(48-13-5-2-6-14-48)52-35-25-44(26-36-52)46-28-38-60-56(40-46)54-16-8-10-18-58(54)64-60/h1-40H. The van der Waals surface area contributed by atoms with Gasteiger partial charge in [0.25, 0.3) is 0 Å². The molecule has 0 saturated heterocycles. The van der Waals surface area contributed by atoms with Crippen LogP contribution >= 0.6 is 22.7 Å². The molecule has 0 spiro atoms. The van der Waals surface area contributed by atoms with E-state index in [1.807, 2.05) is 22.7 Å². The van der Waals surface area contributed by atoms with Gasteiger partial charge < -0.3 is 9.80 Å². The second-order valence-corrected chi connectivity index (χ2v) is 18.3. The molecule has 0 N–H and O–H groups in total. The van der Waals surface area contributed by atoms with Crippen molar-refractivity contribution in [3.8, 4) is 33.4 Å². The van der Waals surface area contributed by atoms with Crippen LogP contribution in [0, 0.1) is 0 Å². The fourth-order valence-electron chi connectivity index (χ4n) is 9.07. The average Bonchev–Trinajstić information content (AvgIpc) is 3.94. The van der Waals surface area contributed by atoms with Crippen LogP contribution in [0.4, 0.5) is 34.1 Å². The minimum absolute atomic E-state index is 1.10. The van der Waals surface area contributed by atoms with Crippen LogP contribution in [0.5, 0.6) is 0 Å². The number of rotatable bonds is 9. The Morgan fingerprint density at radius 1 is 0.203 bits per heavy atom. The van der Waals surface area contributed by atoms with Crippen LogP contribution < -0.4 is 9.80 Å². The molecule has 0 aliphatic heterocycles. The van der Waals surface area contributed by atoms with Crippen LogP contribution in [0.3, 0.4) is 0 Å². The van der Waals surface area contributed by atoms with Crippen LogP contribution in [0.2, 0.25) is 0 Å². The number of para-hydroxylation sites is 2. The fourth-order valence-corrected chi connectivity index (χ4v) is 11.2. The van der Waals surface area contributed by atoms with E-state index in [1.54, 1.807) is 0 Å². The summed E-state index contributed by atoms with van der Waals surface area (Å²) in [6.07, 6.45) is 0.